The summed E-state index contributed by atoms with van der Waals surface area (Å²) in [7, 11) is 0. The summed E-state index contributed by atoms with van der Waals surface area (Å²) < 4.78 is 0. The summed E-state index contributed by atoms with van der Waals surface area (Å²) >= 11 is 0. The average molecular weight is 228 g/mol. The average Bonchev–Trinajstić information content (AvgIpc) is 2.30. The lowest BCUT2D eigenvalue weighted by Crippen LogP contribution is -2.51. The van der Waals surface area contributed by atoms with Gasteiger partial charge in [-0.25, -0.2) is 0 Å². The molecular formula is C10H20N4O2. The van der Waals surface area contributed by atoms with Gasteiger partial charge in [-0.05, 0) is 0 Å². The first kappa shape index (κ1) is 12.9. The van der Waals surface area contributed by atoms with E-state index in [2.05, 4.69) is 0 Å². The Labute approximate surface area is 95.5 Å². The van der Waals surface area contributed by atoms with Gasteiger partial charge in [-0.15, -0.1) is 0 Å². The Morgan fingerprint density at radius 1 is 0.812 bits per heavy atom. The summed E-state index contributed by atoms with van der Waals surface area (Å²) in [6.45, 7) is 3.19. The number of nitrogens with zero attached hydrogens (tertiary/aromatic N) is 2. The van der Waals surface area contributed by atoms with E-state index in [1.165, 1.54) is 0 Å². The molecular weight excluding hydrogens is 208 g/mol. The van der Waals surface area contributed by atoms with Crippen LogP contribution in [0.5, 0.6) is 0 Å². The first-order chi connectivity index (χ1) is 7.69. The second-order valence-corrected chi connectivity index (χ2v) is 3.84. The Hall–Kier alpha value is -1.14. The fourth-order valence-corrected chi connectivity index (χ4v) is 1.77. The van der Waals surface area contributed by atoms with Crippen LogP contribution in [0.25, 0.3) is 0 Å². The van der Waals surface area contributed by atoms with E-state index >= 15 is 0 Å². The zero-order chi connectivity index (χ0) is 12.0. The maximum atomic E-state index is 11.5. The number of rotatable bonds is 4. The molecule has 2 amide bonds. The van der Waals surface area contributed by atoms with E-state index in [4.69, 9.17) is 11.5 Å². The van der Waals surface area contributed by atoms with Crippen molar-refractivity contribution < 1.29 is 9.59 Å². The number of piperazine rings is 1. The van der Waals surface area contributed by atoms with Crippen LogP contribution in [0.15, 0.2) is 0 Å². The van der Waals surface area contributed by atoms with E-state index in [9.17, 15) is 9.59 Å². The predicted molar refractivity (Wildman–Crippen MR) is 60.5 cm³/mol. The second-order valence-electron chi connectivity index (χ2n) is 3.84. The zero-order valence-electron chi connectivity index (χ0n) is 9.52. The molecule has 16 heavy (non-hydrogen) atoms. The molecule has 1 aliphatic rings. The van der Waals surface area contributed by atoms with Crippen LogP contribution >= 0.6 is 0 Å². The number of hydrogen-bond donors (Lipinski definition) is 2. The van der Waals surface area contributed by atoms with Crippen molar-refractivity contribution in [2.75, 3.05) is 39.3 Å². The van der Waals surface area contributed by atoms with Crippen molar-refractivity contribution in [3.05, 3.63) is 0 Å². The lowest BCUT2D eigenvalue weighted by atomic mass is 10.2. The predicted octanol–water partition coefficient (Wildman–Crippen LogP) is -1.65. The van der Waals surface area contributed by atoms with Gasteiger partial charge >= 0.3 is 0 Å². The fourth-order valence-electron chi connectivity index (χ4n) is 1.77. The largest absolute Gasteiger partial charge is 0.339 e. The molecule has 1 aliphatic heterocycles. The molecule has 0 aromatic carbocycles. The molecule has 1 fully saturated rings. The van der Waals surface area contributed by atoms with Crippen LogP contribution in [0, 0.1) is 0 Å². The topological polar surface area (TPSA) is 92.7 Å². The van der Waals surface area contributed by atoms with Crippen LogP contribution in [0.4, 0.5) is 0 Å². The van der Waals surface area contributed by atoms with Gasteiger partial charge in [-0.3, -0.25) is 9.59 Å². The summed E-state index contributed by atoms with van der Waals surface area (Å²) in [6, 6.07) is 0. The van der Waals surface area contributed by atoms with Gasteiger partial charge in [0, 0.05) is 52.1 Å². The zero-order valence-corrected chi connectivity index (χ0v) is 9.52. The maximum Gasteiger partial charge on any atom is 0.223 e. The molecule has 0 bridgehead atoms. The molecule has 1 heterocycles. The van der Waals surface area contributed by atoms with Gasteiger partial charge in [0.15, 0.2) is 0 Å². The van der Waals surface area contributed by atoms with Crippen LogP contribution in [-0.2, 0) is 9.59 Å². The number of hydrogen-bond acceptors (Lipinski definition) is 4. The monoisotopic (exact) mass is 228 g/mol. The van der Waals surface area contributed by atoms with E-state index < -0.39 is 0 Å². The minimum absolute atomic E-state index is 0.0772. The number of carbonyl (C=O) groups excluding carboxylic acids is 2. The van der Waals surface area contributed by atoms with Gasteiger partial charge in [-0.2, -0.15) is 0 Å². The Balaban J connectivity index is 2.33. The smallest absolute Gasteiger partial charge is 0.223 e. The first-order valence-electron chi connectivity index (χ1n) is 5.64. The molecule has 0 aromatic heterocycles. The molecule has 6 heteroatoms. The van der Waals surface area contributed by atoms with Crippen molar-refractivity contribution >= 4 is 11.8 Å². The lowest BCUT2D eigenvalue weighted by molar-refractivity contribution is -0.139. The number of amides is 2. The quantitative estimate of drug-likeness (QED) is 0.603. The normalized spacial score (nSPS) is 16.4. The molecule has 0 saturated carbocycles. The van der Waals surface area contributed by atoms with Gasteiger partial charge in [0.2, 0.25) is 11.8 Å². The van der Waals surface area contributed by atoms with E-state index in [0.717, 1.165) is 0 Å². The van der Waals surface area contributed by atoms with Gasteiger partial charge < -0.3 is 21.3 Å². The molecule has 1 rings (SSSR count). The van der Waals surface area contributed by atoms with Crippen molar-refractivity contribution in [2.45, 2.75) is 12.8 Å². The summed E-state index contributed by atoms with van der Waals surface area (Å²) in [6.07, 6.45) is 0.771. The molecule has 0 aromatic rings. The van der Waals surface area contributed by atoms with Crippen LogP contribution in [0.2, 0.25) is 0 Å². The summed E-state index contributed by atoms with van der Waals surface area (Å²) in [5, 5.41) is 0. The second kappa shape index (κ2) is 6.44. The van der Waals surface area contributed by atoms with Crippen molar-refractivity contribution in [3.63, 3.8) is 0 Å². The minimum atomic E-state index is 0.0772. The maximum absolute atomic E-state index is 11.5. The Kier molecular flexibility index (Phi) is 5.21. The molecule has 1 saturated heterocycles. The molecule has 4 N–H and O–H groups in total. The van der Waals surface area contributed by atoms with Gasteiger partial charge in [-0.1, -0.05) is 0 Å². The molecule has 6 nitrogen and oxygen atoms in total. The van der Waals surface area contributed by atoms with Crippen LogP contribution in [0.3, 0.4) is 0 Å². The molecule has 0 atom stereocenters. The minimum Gasteiger partial charge on any atom is -0.339 e. The Bertz CT molecular complexity index is 223. The summed E-state index contributed by atoms with van der Waals surface area (Å²) in [5.41, 5.74) is 10.7. The van der Waals surface area contributed by atoms with Gasteiger partial charge in [0.25, 0.3) is 0 Å². The van der Waals surface area contributed by atoms with E-state index in [0.29, 0.717) is 52.1 Å². The highest BCUT2D eigenvalue weighted by Crippen LogP contribution is 2.04. The van der Waals surface area contributed by atoms with Crippen molar-refractivity contribution in [1.29, 1.82) is 0 Å². The first-order valence-corrected chi connectivity index (χ1v) is 5.64. The summed E-state index contributed by atoms with van der Waals surface area (Å²) in [5.74, 6) is 0.154. The fraction of sp³-hybridized carbons (Fsp3) is 0.800. The molecule has 0 spiro atoms. The van der Waals surface area contributed by atoms with Gasteiger partial charge in [0.1, 0.15) is 0 Å². The van der Waals surface area contributed by atoms with E-state index in [1.807, 2.05) is 0 Å². The highest BCUT2D eigenvalue weighted by molar-refractivity contribution is 5.78. The Morgan fingerprint density at radius 2 is 1.12 bits per heavy atom. The summed E-state index contributed by atoms with van der Waals surface area (Å²) in [4.78, 5) is 26.6. The van der Waals surface area contributed by atoms with Crippen molar-refractivity contribution in [1.82, 2.24) is 9.80 Å². The SMILES string of the molecule is NCCC(=O)N1CCN(C(=O)CCN)CC1. The lowest BCUT2D eigenvalue weighted by Gasteiger charge is -2.34. The number of nitrogens with two attached hydrogens (primary N) is 2. The van der Waals surface area contributed by atoms with Crippen LogP contribution in [0.1, 0.15) is 12.8 Å². The molecule has 0 aliphatic carbocycles. The van der Waals surface area contributed by atoms with Crippen LogP contribution < -0.4 is 11.5 Å². The third kappa shape index (κ3) is 3.46. The molecule has 0 unspecified atom stereocenters. The third-order valence-electron chi connectivity index (χ3n) is 2.70. The Morgan fingerprint density at radius 3 is 1.38 bits per heavy atom. The van der Waals surface area contributed by atoms with Crippen molar-refractivity contribution in [2.24, 2.45) is 11.5 Å². The standard InChI is InChI=1S/C10H20N4O2/c11-3-1-9(15)13-5-7-14(8-6-13)10(16)2-4-12/h1-8,11-12H2. The molecule has 92 valence electrons. The molecule has 0 radical (unpaired) electrons. The third-order valence-corrected chi connectivity index (χ3v) is 2.70. The van der Waals surface area contributed by atoms with Crippen molar-refractivity contribution in [3.8, 4) is 0 Å². The highest BCUT2D eigenvalue weighted by atomic mass is 16.2. The van der Waals surface area contributed by atoms with Crippen LogP contribution in [-0.4, -0.2) is 60.9 Å². The highest BCUT2D eigenvalue weighted by Gasteiger charge is 2.22. The van der Waals surface area contributed by atoms with E-state index in [-0.39, 0.29) is 11.8 Å². The van der Waals surface area contributed by atoms with E-state index in [1.54, 1.807) is 9.80 Å². The number of carbonyl (C=O) groups is 2. The van der Waals surface area contributed by atoms with Gasteiger partial charge in [0.05, 0.1) is 0 Å².